The number of hydrogen-bond acceptors (Lipinski definition) is 5. The van der Waals surface area contributed by atoms with Gasteiger partial charge >= 0.3 is 0 Å². The van der Waals surface area contributed by atoms with Crippen LogP contribution < -0.4 is 5.32 Å². The Labute approximate surface area is 164 Å². The molecule has 0 atom stereocenters. The number of thiol groups is 1. The van der Waals surface area contributed by atoms with Gasteiger partial charge in [-0.1, -0.05) is 18.2 Å². The number of fused-ring (bicyclic) bond motifs is 2. The van der Waals surface area contributed by atoms with Gasteiger partial charge in [0.05, 0.1) is 16.6 Å². The van der Waals surface area contributed by atoms with Gasteiger partial charge in [-0.2, -0.15) is 0 Å². The fraction of sp³-hybridized carbons (Fsp3) is 0.238. The van der Waals surface area contributed by atoms with Crippen molar-refractivity contribution in [3.63, 3.8) is 0 Å². The largest absolute Gasteiger partial charge is 0.338 e. The number of aromatic nitrogens is 3. The molecule has 1 aliphatic heterocycles. The summed E-state index contributed by atoms with van der Waals surface area (Å²) >= 11 is 4.35. The highest BCUT2D eigenvalue weighted by atomic mass is 32.1. The molecule has 1 saturated heterocycles. The molecule has 0 aliphatic carbocycles. The van der Waals surface area contributed by atoms with E-state index in [0.29, 0.717) is 0 Å². The lowest BCUT2D eigenvalue weighted by molar-refractivity contribution is 0.291. The highest BCUT2D eigenvalue weighted by Gasteiger charge is 2.06. The molecule has 4 aromatic rings. The number of benzene rings is 2. The minimum atomic E-state index is 0.853. The maximum atomic E-state index is 4.61. The smallest absolute Gasteiger partial charge is 0.138 e. The summed E-state index contributed by atoms with van der Waals surface area (Å²) in [4.78, 5) is 15.6. The van der Waals surface area contributed by atoms with Crippen LogP contribution in [-0.4, -0.2) is 53.1 Å². The molecule has 6 heteroatoms. The molecule has 1 aliphatic rings. The molecule has 0 saturated carbocycles. The molecule has 2 N–H and O–H groups in total. The fourth-order valence-corrected chi connectivity index (χ4v) is 3.33. The van der Waals surface area contributed by atoms with Crippen LogP contribution in [0.1, 0.15) is 0 Å². The average molecular weight is 378 g/mol. The highest BCUT2D eigenvalue weighted by molar-refractivity contribution is 7.80. The molecule has 5 nitrogen and oxygen atoms in total. The molecule has 3 heterocycles. The fourth-order valence-electron chi connectivity index (χ4n) is 3.12. The van der Waals surface area contributed by atoms with Crippen molar-refractivity contribution in [3.05, 3.63) is 54.7 Å². The number of rotatable bonds is 1. The lowest BCUT2D eigenvalue weighted by atomic mass is 10.1. The third-order valence-corrected chi connectivity index (χ3v) is 4.96. The van der Waals surface area contributed by atoms with Crippen LogP contribution in [0.25, 0.3) is 33.3 Å². The molecule has 0 radical (unpaired) electrons. The van der Waals surface area contributed by atoms with Crippen molar-refractivity contribution < 1.29 is 0 Å². The Morgan fingerprint density at radius 1 is 1.00 bits per heavy atom. The molecule has 0 spiro atoms. The molecule has 0 bridgehead atoms. The SMILES string of the molecule is CN1CCNCC1.Sc1ccc2nc(-c3ccc4cccnc4c3)[nH]c2c1. The van der Waals surface area contributed by atoms with Gasteiger partial charge in [-0.05, 0) is 37.4 Å². The van der Waals surface area contributed by atoms with Gasteiger partial charge in [-0.25, -0.2) is 4.98 Å². The summed E-state index contributed by atoms with van der Waals surface area (Å²) in [5, 5.41) is 4.40. The summed E-state index contributed by atoms with van der Waals surface area (Å²) in [6.45, 7) is 4.74. The second-order valence-electron chi connectivity index (χ2n) is 6.75. The first kappa shape index (κ1) is 18.0. The minimum Gasteiger partial charge on any atom is -0.338 e. The van der Waals surface area contributed by atoms with Crippen LogP contribution >= 0.6 is 12.6 Å². The molecule has 0 amide bonds. The molecule has 2 aromatic carbocycles. The summed E-state index contributed by atoms with van der Waals surface area (Å²) in [7, 11) is 2.15. The predicted octanol–water partition coefficient (Wildman–Crippen LogP) is 3.59. The monoisotopic (exact) mass is 377 g/mol. The summed E-state index contributed by atoms with van der Waals surface area (Å²) < 4.78 is 0. The highest BCUT2D eigenvalue weighted by Crippen LogP contribution is 2.24. The van der Waals surface area contributed by atoms with E-state index in [-0.39, 0.29) is 0 Å². The quantitative estimate of drug-likeness (QED) is 0.444. The number of aromatic amines is 1. The van der Waals surface area contributed by atoms with Crippen molar-refractivity contribution in [3.8, 4) is 11.4 Å². The number of hydrogen-bond donors (Lipinski definition) is 3. The predicted molar refractivity (Wildman–Crippen MR) is 114 cm³/mol. The van der Waals surface area contributed by atoms with Crippen molar-refractivity contribution >= 4 is 34.6 Å². The zero-order chi connectivity index (χ0) is 18.6. The lowest BCUT2D eigenvalue weighted by Crippen LogP contribution is -2.40. The van der Waals surface area contributed by atoms with Crippen LogP contribution in [0.15, 0.2) is 59.6 Å². The van der Waals surface area contributed by atoms with E-state index < -0.39 is 0 Å². The van der Waals surface area contributed by atoms with Crippen LogP contribution in [0.5, 0.6) is 0 Å². The number of imidazole rings is 1. The van der Waals surface area contributed by atoms with Gasteiger partial charge in [0.2, 0.25) is 0 Å². The summed E-state index contributed by atoms with van der Waals surface area (Å²) in [6.07, 6.45) is 1.80. The van der Waals surface area contributed by atoms with Gasteiger partial charge in [0.25, 0.3) is 0 Å². The lowest BCUT2D eigenvalue weighted by Gasteiger charge is -2.21. The molecular formula is C21H23N5S. The Morgan fingerprint density at radius 2 is 1.85 bits per heavy atom. The number of piperazine rings is 1. The van der Waals surface area contributed by atoms with Gasteiger partial charge in [0.1, 0.15) is 5.82 Å². The van der Waals surface area contributed by atoms with Gasteiger partial charge in [0, 0.05) is 48.2 Å². The van der Waals surface area contributed by atoms with E-state index in [9.17, 15) is 0 Å². The van der Waals surface area contributed by atoms with Crippen molar-refractivity contribution in [1.82, 2.24) is 25.2 Å². The Kier molecular flexibility index (Phi) is 5.38. The van der Waals surface area contributed by atoms with Gasteiger partial charge in [-0.3, -0.25) is 4.98 Å². The van der Waals surface area contributed by atoms with Crippen molar-refractivity contribution in [2.75, 3.05) is 33.2 Å². The molecule has 138 valence electrons. The third kappa shape index (κ3) is 4.30. The zero-order valence-electron chi connectivity index (χ0n) is 15.3. The second kappa shape index (κ2) is 8.08. The van der Waals surface area contributed by atoms with Crippen molar-refractivity contribution in [2.24, 2.45) is 0 Å². The van der Waals surface area contributed by atoms with E-state index in [2.05, 4.69) is 69.1 Å². The number of likely N-dealkylation sites (N-methyl/N-ethyl adjacent to an activating group) is 1. The topological polar surface area (TPSA) is 56.8 Å². The number of pyridine rings is 1. The first-order valence-electron chi connectivity index (χ1n) is 9.12. The Hall–Kier alpha value is -2.41. The van der Waals surface area contributed by atoms with E-state index in [4.69, 9.17) is 0 Å². The summed E-state index contributed by atoms with van der Waals surface area (Å²) in [5.41, 5.74) is 3.95. The molecule has 2 aromatic heterocycles. The van der Waals surface area contributed by atoms with E-state index in [1.807, 2.05) is 24.3 Å². The number of H-pyrrole nitrogens is 1. The van der Waals surface area contributed by atoms with Crippen LogP contribution in [0, 0.1) is 0 Å². The van der Waals surface area contributed by atoms with Gasteiger partial charge < -0.3 is 15.2 Å². The van der Waals surface area contributed by atoms with Crippen molar-refractivity contribution in [2.45, 2.75) is 4.90 Å². The van der Waals surface area contributed by atoms with Gasteiger partial charge in [-0.15, -0.1) is 12.6 Å². The Morgan fingerprint density at radius 3 is 2.63 bits per heavy atom. The first-order chi connectivity index (χ1) is 13.2. The maximum Gasteiger partial charge on any atom is 0.138 e. The number of nitrogens with zero attached hydrogens (tertiary/aromatic N) is 3. The molecule has 27 heavy (non-hydrogen) atoms. The molecule has 5 rings (SSSR count). The molecule has 0 unspecified atom stereocenters. The van der Waals surface area contributed by atoms with E-state index >= 15 is 0 Å². The van der Waals surface area contributed by atoms with E-state index in [1.165, 1.54) is 13.1 Å². The standard InChI is InChI=1S/C16H11N3S.C5H12N2/c20-12-5-6-13-15(9-12)19-16(18-13)11-4-3-10-2-1-7-17-14(10)8-11;1-7-4-2-6-3-5-7/h1-9,20H,(H,18,19);6H,2-5H2,1H3. The second-order valence-corrected chi connectivity index (χ2v) is 7.27. The van der Waals surface area contributed by atoms with Crippen LogP contribution in [0.3, 0.4) is 0 Å². The van der Waals surface area contributed by atoms with Crippen LogP contribution in [0.4, 0.5) is 0 Å². The maximum absolute atomic E-state index is 4.61. The molecule has 1 fully saturated rings. The van der Waals surface area contributed by atoms with Gasteiger partial charge in [0.15, 0.2) is 0 Å². The van der Waals surface area contributed by atoms with Crippen molar-refractivity contribution in [1.29, 1.82) is 0 Å². The first-order valence-corrected chi connectivity index (χ1v) is 9.57. The van der Waals surface area contributed by atoms with E-state index in [0.717, 1.165) is 51.3 Å². The summed E-state index contributed by atoms with van der Waals surface area (Å²) in [6, 6.07) is 16.1. The van der Waals surface area contributed by atoms with Crippen LogP contribution in [0.2, 0.25) is 0 Å². The van der Waals surface area contributed by atoms with E-state index in [1.54, 1.807) is 6.20 Å². The normalized spacial score (nSPS) is 14.9. The van der Waals surface area contributed by atoms with Crippen LogP contribution in [-0.2, 0) is 0 Å². The minimum absolute atomic E-state index is 0.853. The average Bonchev–Trinajstić information content (AvgIpc) is 3.12. The Bertz CT molecular complexity index is 1050. The molecular weight excluding hydrogens is 354 g/mol. The number of nitrogens with one attached hydrogen (secondary N) is 2. The third-order valence-electron chi connectivity index (χ3n) is 4.69. The Balaban J connectivity index is 0.000000218. The summed E-state index contributed by atoms with van der Waals surface area (Å²) in [5.74, 6) is 0.853. The zero-order valence-corrected chi connectivity index (χ0v) is 16.2.